The number of unbranched alkanes of at least 4 members (excludes halogenated alkanes) is 1. The van der Waals surface area contributed by atoms with Crippen molar-refractivity contribution < 1.29 is 14.3 Å². The Morgan fingerprint density at radius 2 is 1.69 bits per heavy atom. The highest BCUT2D eigenvalue weighted by Gasteiger charge is 2.58. The number of nitrogens with zero attached hydrogens (tertiary/aromatic N) is 1. The van der Waals surface area contributed by atoms with Crippen molar-refractivity contribution in [2.24, 2.45) is 51.9 Å². The number of carbonyl (C=O) groups is 2. The van der Waals surface area contributed by atoms with Crippen LogP contribution >= 0.6 is 0 Å². The minimum absolute atomic E-state index is 0.000100. The summed E-state index contributed by atoms with van der Waals surface area (Å²) < 4.78 is 5.98. The van der Waals surface area contributed by atoms with Gasteiger partial charge in [0.25, 0.3) is 0 Å². The van der Waals surface area contributed by atoms with Crippen molar-refractivity contribution in [2.75, 3.05) is 26.2 Å². The molecule has 4 N–H and O–H groups in total. The van der Waals surface area contributed by atoms with E-state index >= 15 is 0 Å². The normalized spacial score (nSPS) is 33.9. The third kappa shape index (κ3) is 7.62. The number of hydrogen-bond donors (Lipinski definition) is 2. The summed E-state index contributed by atoms with van der Waals surface area (Å²) >= 11 is 0. The Balaban J connectivity index is 1.29. The highest BCUT2D eigenvalue weighted by molar-refractivity contribution is 5.81. The van der Waals surface area contributed by atoms with E-state index in [0.29, 0.717) is 31.6 Å². The second-order valence-electron chi connectivity index (χ2n) is 15.3. The minimum Gasteiger partial charge on any atom is -0.462 e. The zero-order valence-electron chi connectivity index (χ0n) is 27.5. The lowest BCUT2D eigenvalue weighted by Crippen LogP contribution is -2.50. The Hall–Kier alpha value is -1.40. The maximum atomic E-state index is 12.8. The molecule has 4 rings (SSSR count). The Bertz CT molecular complexity index is 926. The van der Waals surface area contributed by atoms with Crippen molar-refractivity contribution in [2.45, 2.75) is 137 Å². The number of rotatable bonds is 15. The van der Waals surface area contributed by atoms with Gasteiger partial charge in [0.2, 0.25) is 5.91 Å². The first-order valence-corrected chi connectivity index (χ1v) is 17.7. The van der Waals surface area contributed by atoms with Crippen LogP contribution in [0.1, 0.15) is 130 Å². The summed E-state index contributed by atoms with van der Waals surface area (Å²) in [6.07, 6.45) is 19.8. The molecule has 0 spiro atoms. The van der Waals surface area contributed by atoms with E-state index in [2.05, 4.69) is 33.8 Å². The molecule has 0 bridgehead atoms. The van der Waals surface area contributed by atoms with E-state index in [0.717, 1.165) is 61.7 Å². The third-order valence-electron chi connectivity index (χ3n) is 12.3. The maximum Gasteiger partial charge on any atom is 0.306 e. The van der Waals surface area contributed by atoms with Crippen LogP contribution < -0.4 is 11.5 Å². The molecule has 0 heterocycles. The minimum atomic E-state index is -0.234. The average molecular weight is 586 g/mol. The van der Waals surface area contributed by atoms with Crippen molar-refractivity contribution >= 4 is 11.9 Å². The Morgan fingerprint density at radius 1 is 0.952 bits per heavy atom. The van der Waals surface area contributed by atoms with Gasteiger partial charge in [-0.25, -0.2) is 0 Å². The first-order chi connectivity index (χ1) is 20.1. The van der Waals surface area contributed by atoms with Crippen molar-refractivity contribution in [1.82, 2.24) is 4.90 Å². The Labute approximate surface area is 257 Å². The van der Waals surface area contributed by atoms with E-state index in [1.54, 1.807) is 10.5 Å². The van der Waals surface area contributed by atoms with Gasteiger partial charge in [0.05, 0.1) is 6.42 Å². The van der Waals surface area contributed by atoms with Gasteiger partial charge in [0.1, 0.15) is 6.10 Å². The van der Waals surface area contributed by atoms with Crippen molar-refractivity contribution in [3.63, 3.8) is 0 Å². The molecule has 0 saturated heterocycles. The molecule has 3 fully saturated rings. The van der Waals surface area contributed by atoms with Gasteiger partial charge in [-0.2, -0.15) is 0 Å². The largest absolute Gasteiger partial charge is 0.462 e. The second-order valence-corrected chi connectivity index (χ2v) is 15.3. The molecule has 7 unspecified atom stereocenters. The summed E-state index contributed by atoms with van der Waals surface area (Å²) in [6.45, 7) is 12.2. The van der Waals surface area contributed by atoms with Crippen LogP contribution in [0.25, 0.3) is 0 Å². The van der Waals surface area contributed by atoms with Gasteiger partial charge < -0.3 is 21.1 Å². The number of amides is 1. The SMILES string of the molecule is CC(C)CCCCC1CCC2C3CC=C4CC(OC(=O)CCC(=O)N(CCCN)CCCN)CCC4(C)C3CCC12C. The van der Waals surface area contributed by atoms with Gasteiger partial charge in [0, 0.05) is 25.9 Å². The van der Waals surface area contributed by atoms with Crippen LogP contribution in [0.2, 0.25) is 0 Å². The molecule has 6 nitrogen and oxygen atoms in total. The van der Waals surface area contributed by atoms with E-state index in [1.165, 1.54) is 57.8 Å². The lowest BCUT2D eigenvalue weighted by molar-refractivity contribution is -0.153. The van der Waals surface area contributed by atoms with Crippen molar-refractivity contribution in [3.8, 4) is 0 Å². The lowest BCUT2D eigenvalue weighted by Gasteiger charge is -2.58. The monoisotopic (exact) mass is 585 g/mol. The molecule has 4 aliphatic rings. The number of nitrogens with two attached hydrogens (primary N) is 2. The Morgan fingerprint density at radius 3 is 2.38 bits per heavy atom. The molecule has 0 aromatic carbocycles. The third-order valence-corrected chi connectivity index (χ3v) is 12.3. The van der Waals surface area contributed by atoms with Crippen LogP contribution in [0, 0.1) is 40.4 Å². The zero-order chi connectivity index (χ0) is 30.3. The maximum absolute atomic E-state index is 12.8. The van der Waals surface area contributed by atoms with E-state index in [4.69, 9.17) is 16.2 Å². The molecule has 4 aliphatic carbocycles. The van der Waals surface area contributed by atoms with E-state index in [-0.39, 0.29) is 36.2 Å². The fourth-order valence-electron chi connectivity index (χ4n) is 9.79. The van der Waals surface area contributed by atoms with Crippen LogP contribution in [0.3, 0.4) is 0 Å². The van der Waals surface area contributed by atoms with Gasteiger partial charge >= 0.3 is 5.97 Å². The molecule has 0 radical (unpaired) electrons. The first-order valence-electron chi connectivity index (χ1n) is 17.7. The molecule has 0 aliphatic heterocycles. The number of hydrogen-bond acceptors (Lipinski definition) is 5. The van der Waals surface area contributed by atoms with Crippen LogP contribution in [0.5, 0.6) is 0 Å². The average Bonchev–Trinajstić information content (AvgIpc) is 3.30. The molecular weight excluding hydrogens is 522 g/mol. The van der Waals surface area contributed by atoms with Crippen LogP contribution in [0.15, 0.2) is 11.6 Å². The highest BCUT2D eigenvalue weighted by atomic mass is 16.5. The molecule has 6 heteroatoms. The fourth-order valence-corrected chi connectivity index (χ4v) is 9.79. The lowest BCUT2D eigenvalue weighted by atomic mass is 9.47. The predicted molar refractivity (Wildman–Crippen MR) is 172 cm³/mol. The van der Waals surface area contributed by atoms with Gasteiger partial charge in [-0.1, -0.05) is 58.6 Å². The predicted octanol–water partition coefficient (Wildman–Crippen LogP) is 7.00. The van der Waals surface area contributed by atoms with Crippen molar-refractivity contribution in [1.29, 1.82) is 0 Å². The van der Waals surface area contributed by atoms with E-state index in [9.17, 15) is 9.59 Å². The molecule has 0 aromatic rings. The molecular formula is C36H63N3O3. The molecule has 7 atom stereocenters. The summed E-state index contributed by atoms with van der Waals surface area (Å²) in [7, 11) is 0. The number of esters is 1. The molecule has 42 heavy (non-hydrogen) atoms. The fraction of sp³-hybridized carbons (Fsp3) is 0.889. The van der Waals surface area contributed by atoms with Crippen molar-refractivity contribution in [3.05, 3.63) is 11.6 Å². The second kappa shape index (κ2) is 15.1. The van der Waals surface area contributed by atoms with E-state index < -0.39 is 0 Å². The van der Waals surface area contributed by atoms with Gasteiger partial charge in [-0.15, -0.1) is 0 Å². The van der Waals surface area contributed by atoms with Gasteiger partial charge in [-0.3, -0.25) is 9.59 Å². The smallest absolute Gasteiger partial charge is 0.306 e. The Kier molecular flexibility index (Phi) is 12.0. The zero-order valence-corrected chi connectivity index (χ0v) is 27.5. The summed E-state index contributed by atoms with van der Waals surface area (Å²) in [5.41, 5.74) is 13.6. The number of carbonyl (C=O) groups excluding carboxylic acids is 2. The molecule has 3 saturated carbocycles. The first kappa shape index (κ1) is 33.5. The molecule has 240 valence electrons. The summed E-state index contributed by atoms with van der Waals surface area (Å²) in [4.78, 5) is 27.4. The molecule has 1 amide bonds. The number of fused-ring (bicyclic) bond motifs is 5. The van der Waals surface area contributed by atoms with Gasteiger partial charge in [0.15, 0.2) is 0 Å². The number of allylic oxidation sites excluding steroid dienone is 1. The summed E-state index contributed by atoms with van der Waals surface area (Å²) in [5, 5.41) is 0. The van der Waals surface area contributed by atoms with E-state index in [1.807, 2.05) is 0 Å². The van der Waals surface area contributed by atoms with Crippen LogP contribution in [0.4, 0.5) is 0 Å². The highest BCUT2D eigenvalue weighted by Crippen LogP contribution is 2.66. The molecule has 0 aromatic heterocycles. The number of ether oxygens (including phenoxy) is 1. The standard InChI is InChI=1S/C36H63N3O3/c1-26(2)9-5-6-10-27-12-14-31-30-13-11-28-25-29(17-19-36(28,4)32(30)18-20-35(27,31)3)42-34(41)16-15-33(40)39(23-7-21-37)24-8-22-38/h11,26-27,29-32H,5-10,12-25,37-38H2,1-4H3. The topological polar surface area (TPSA) is 98.7 Å². The van der Waals surface area contributed by atoms with Crippen LogP contribution in [-0.2, 0) is 14.3 Å². The summed E-state index contributed by atoms with van der Waals surface area (Å²) in [5.74, 6) is 3.99. The van der Waals surface area contributed by atoms with Gasteiger partial charge in [-0.05, 0) is 118 Å². The van der Waals surface area contributed by atoms with Crippen LogP contribution in [-0.4, -0.2) is 49.1 Å². The summed E-state index contributed by atoms with van der Waals surface area (Å²) in [6, 6.07) is 0. The quantitative estimate of drug-likeness (QED) is 0.122.